The predicted octanol–water partition coefficient (Wildman–Crippen LogP) is 13.3. The number of rotatable bonds is 15. The Balaban J connectivity index is 0.000000271. The second-order valence-corrected chi connectivity index (χ2v) is 69.5. The number of aromatic carboxylic acids is 1. The van der Waals surface area contributed by atoms with Crippen LogP contribution < -0.4 is 9.47 Å². The molecule has 6 aliphatic rings. The van der Waals surface area contributed by atoms with Crippen LogP contribution in [-0.2, 0) is 54.3 Å². The number of nitrogens with zero attached hydrogens (tertiary/aromatic N) is 2. The normalized spacial score (nSPS) is 18.9. The number of carbonyl (C=O) groups excluding carboxylic acids is 6. The van der Waals surface area contributed by atoms with E-state index in [1.165, 1.54) is 42.6 Å². The van der Waals surface area contributed by atoms with Gasteiger partial charge in [-0.25, -0.2) is 9.59 Å². The van der Waals surface area contributed by atoms with Crippen LogP contribution in [0.4, 0.5) is 0 Å². The number of benzene rings is 5. The molecular weight excluding hydrogens is 1870 g/mol. The Morgan fingerprint density at radius 1 is 0.609 bits per heavy atom. The van der Waals surface area contributed by atoms with Crippen LogP contribution in [0.5, 0.6) is 11.5 Å². The summed E-state index contributed by atoms with van der Waals surface area (Å²) in [6.07, 6.45) is 0.0122. The van der Waals surface area contributed by atoms with E-state index in [2.05, 4.69) is 128 Å². The number of Topliss-reactive ketones (excluding diaryl/α,β-unsaturated/α-hetero) is 4. The minimum absolute atomic E-state index is 0.0742. The molecule has 2 fully saturated rings. The summed E-state index contributed by atoms with van der Waals surface area (Å²) >= 11 is 14.9. The Morgan fingerprint density at radius 3 is 1.36 bits per heavy atom. The number of likely N-dealkylation sites (tertiary alicyclic amines) is 2. The molecule has 0 aromatic heterocycles. The molecule has 0 saturated carbocycles. The van der Waals surface area contributed by atoms with E-state index in [0.717, 1.165) is 31.5 Å². The van der Waals surface area contributed by atoms with E-state index < -0.39 is 58.5 Å². The van der Waals surface area contributed by atoms with Crippen LogP contribution in [0.2, 0.25) is 0 Å². The van der Waals surface area contributed by atoms with E-state index in [9.17, 15) is 43.8 Å². The molecule has 0 amide bonds. The number of carboxylic acids is 1. The minimum atomic E-state index is -1.01. The van der Waals surface area contributed by atoms with Crippen LogP contribution in [-0.4, -0.2) is 160 Å². The van der Waals surface area contributed by atoms with Crippen LogP contribution in [0.3, 0.4) is 0 Å². The SMILES string of the molecule is CCOC(C)=O.O=C1C(=O)c2ccccc2C2=C1SCC1(CCN(C[C@H](O)COc3ccc(C(=O)O)cc3)C1)O2.O=C1C(=O)c2ccccc2C2=C1SCC1(CCN(C[C@H](O)COc3ccc(C(=O)OCc4ccccc4)cc3)C1)O2.[CH2-]C.[CH2-]C.[I][V]([I])[I].[I][V][I]. The van der Waals surface area contributed by atoms with Crippen molar-refractivity contribution in [2.75, 3.05) is 70.6 Å². The van der Waals surface area contributed by atoms with E-state index in [0.29, 0.717) is 114 Å². The fraction of sp³-hybridized carbons (Fsp3) is 0.338. The van der Waals surface area contributed by atoms with E-state index in [1.807, 2.05) is 54.6 Å². The van der Waals surface area contributed by atoms with Crippen LogP contribution in [0.15, 0.2) is 137 Å². The van der Waals surface area contributed by atoms with Gasteiger partial charge in [0, 0.05) is 92.8 Å². The number of fused-ring (bicyclic) bond motifs is 4. The summed E-state index contributed by atoms with van der Waals surface area (Å²) in [7, 11) is 0.628. The molecule has 0 bridgehead atoms. The van der Waals surface area contributed by atoms with Gasteiger partial charge in [0.2, 0.25) is 23.1 Å². The number of carbonyl (C=O) groups is 7. The number of aliphatic hydroxyl groups excluding tert-OH is 2. The van der Waals surface area contributed by atoms with Gasteiger partial charge in [-0.1, -0.05) is 78.9 Å². The van der Waals surface area contributed by atoms with E-state index in [1.54, 1.807) is 81.4 Å². The standard InChI is InChI=1S/C32H29NO7S.C25H23NO7S.C4H8O2.2C2H5.5HI.2V/c34-23(18-38-24-12-10-22(11-13-24)31(37)39-17-21-6-2-1-3-7-21)16-33-15-14-32(19-33)20-41-30-28(36)27(35)25-8-4-5-9-26(25)29(30)40-32;27-16(12-32-17-7-5-15(6-8-17)24(30)31)11-26-10-9-25(13-26)14-34-23-21(29)20(28)18-3-1-2-4-19(18)22(23)33-25;1-3-6-4(2)5;2*1-2;;;;;;;/h1-13,23,34H,14-20H2;1-8,16,27H,9-14H2,(H,30,31);3H2,1-2H3;2*1H2,2H3;5*1H;;/q;;;2*-1;;;;;;+2;+3/p-5/t23-,32?;16-,25?;;;;;;;;;;/m00........../s1. The zero-order chi connectivity index (χ0) is 67.5. The zero-order valence-electron chi connectivity index (χ0n) is 50.7. The second-order valence-electron chi connectivity index (χ2n) is 20.4. The van der Waals surface area contributed by atoms with E-state index >= 15 is 0 Å². The van der Waals surface area contributed by atoms with Crippen molar-refractivity contribution in [2.45, 2.75) is 70.6 Å². The molecule has 495 valence electrons. The summed E-state index contributed by atoms with van der Waals surface area (Å²) in [5.41, 5.74) is 2.61. The number of carboxylic acid groups (broad SMARTS) is 1. The average Bonchev–Trinajstić information content (AvgIpc) is 1.33. The summed E-state index contributed by atoms with van der Waals surface area (Å²) in [6.45, 7) is 17.5. The van der Waals surface area contributed by atoms with Gasteiger partial charge < -0.3 is 57.6 Å². The molecule has 4 atom stereocenters. The van der Waals surface area contributed by atoms with Gasteiger partial charge in [-0.3, -0.25) is 33.8 Å². The van der Waals surface area contributed by atoms with Crippen LogP contribution >= 0.6 is 123 Å². The first kappa shape index (κ1) is 79.9. The fourth-order valence-corrected chi connectivity index (χ4v) is 12.5. The first-order valence-electron chi connectivity index (χ1n) is 28.6. The van der Waals surface area contributed by atoms with Crippen molar-refractivity contribution in [2.24, 2.45) is 0 Å². The first-order valence-corrected chi connectivity index (χ1v) is 53.1. The third-order valence-corrected chi connectivity index (χ3v) is 16.7. The summed E-state index contributed by atoms with van der Waals surface area (Å²) in [5, 5.41) is 30.1. The summed E-state index contributed by atoms with van der Waals surface area (Å²) < 4.78 is 34.1. The number of ether oxygens (including phenoxy) is 6. The second kappa shape index (κ2) is 40.8. The molecular formula is C65H70I5N2O16S2V2-2. The number of esters is 2. The molecule has 18 nitrogen and oxygen atoms in total. The molecule has 92 heavy (non-hydrogen) atoms. The van der Waals surface area contributed by atoms with Crippen molar-refractivity contribution in [1.29, 1.82) is 0 Å². The quantitative estimate of drug-likeness (QED) is 0.0382. The van der Waals surface area contributed by atoms with Gasteiger partial charge in [0.1, 0.15) is 76.1 Å². The average molecular weight is 1940 g/mol. The Kier molecular flexibility index (Phi) is 35.5. The number of hydrogen-bond donors (Lipinski definition) is 3. The van der Waals surface area contributed by atoms with Crippen molar-refractivity contribution in [3.05, 3.63) is 190 Å². The van der Waals surface area contributed by atoms with Crippen molar-refractivity contribution in [3.63, 3.8) is 0 Å². The Hall–Kier alpha value is -2.77. The molecule has 2 spiro atoms. The Morgan fingerprint density at radius 2 is 0.989 bits per heavy atom. The molecule has 4 aliphatic heterocycles. The number of hydrogen-bond acceptors (Lipinski definition) is 19. The van der Waals surface area contributed by atoms with E-state index in [4.69, 9.17) is 28.8 Å². The number of aliphatic hydroxyl groups is 2. The van der Waals surface area contributed by atoms with Gasteiger partial charge in [0.25, 0.3) is 0 Å². The van der Waals surface area contributed by atoms with Gasteiger partial charge in [0.15, 0.2) is 0 Å². The molecule has 3 N–H and O–H groups in total. The molecule has 2 unspecified atom stereocenters. The molecule has 4 heterocycles. The van der Waals surface area contributed by atoms with Gasteiger partial charge >= 0.3 is 132 Å². The van der Waals surface area contributed by atoms with Crippen molar-refractivity contribution >= 4 is 176 Å². The number of thioether (sulfide) groups is 2. The summed E-state index contributed by atoms with van der Waals surface area (Å²) in [5.74, 6) is -0.464. The maximum absolute atomic E-state index is 12.7. The van der Waals surface area contributed by atoms with Crippen molar-refractivity contribution in [3.8, 4) is 11.5 Å². The van der Waals surface area contributed by atoms with Crippen LogP contribution in [0.25, 0.3) is 11.5 Å². The number of halogens is 5. The molecule has 5 aromatic rings. The number of β-amino-alcohol motifs (C(OH)–C–C–N with tert-alkyl or cyclic N) is 2. The van der Waals surface area contributed by atoms with Gasteiger partial charge in [-0.2, -0.15) is 13.8 Å². The molecule has 0 radical (unpaired) electrons. The zero-order valence-corrected chi connectivity index (χ0v) is 66.0. The van der Waals surface area contributed by atoms with E-state index in [-0.39, 0.29) is 36.3 Å². The third kappa shape index (κ3) is 23.8. The summed E-state index contributed by atoms with van der Waals surface area (Å²) in [4.78, 5) is 88.0. The first-order chi connectivity index (χ1) is 44.2. The van der Waals surface area contributed by atoms with Crippen LogP contribution in [0.1, 0.15) is 98.7 Å². The monoisotopic (exact) mass is 1930 g/mol. The molecule has 27 heteroatoms. The number of allylic oxidation sites excluding steroid dienone is 2. The van der Waals surface area contributed by atoms with Gasteiger partial charge in [0.05, 0.1) is 17.7 Å². The van der Waals surface area contributed by atoms with Crippen molar-refractivity contribution < 1.29 is 91.7 Å². The Labute approximate surface area is 612 Å². The fourth-order valence-electron chi connectivity index (χ4n) is 10.1. The molecule has 11 rings (SSSR count). The topological polar surface area (TPSA) is 242 Å². The van der Waals surface area contributed by atoms with Gasteiger partial charge in [-0.05, 0) is 61.0 Å². The Bertz CT molecular complexity index is 3370. The summed E-state index contributed by atoms with van der Waals surface area (Å²) in [6, 6.07) is 36.3. The number of ketones is 4. The predicted molar refractivity (Wildman–Crippen MR) is 393 cm³/mol. The van der Waals surface area contributed by atoms with Crippen molar-refractivity contribution in [1.82, 2.24) is 9.80 Å². The molecule has 5 aromatic carbocycles. The van der Waals surface area contributed by atoms with Crippen LogP contribution in [0, 0.1) is 13.8 Å². The molecule has 2 aliphatic carbocycles. The van der Waals surface area contributed by atoms with Gasteiger partial charge in [-0.15, -0.1) is 23.5 Å². The molecule has 2 saturated heterocycles. The maximum atomic E-state index is 12.7. The third-order valence-electron chi connectivity index (χ3n) is 14.0.